The minimum Gasteiger partial charge on any atom is -0.493 e. The molecule has 1 N–H and O–H groups in total. The average molecular weight is 477 g/mol. The second-order valence-electron chi connectivity index (χ2n) is 6.05. The highest BCUT2D eigenvalue weighted by atomic mass is 79.9. The van der Waals surface area contributed by atoms with Crippen LogP contribution in [-0.4, -0.2) is 38.3 Å². The summed E-state index contributed by atoms with van der Waals surface area (Å²) in [5.41, 5.74) is 1.65. The van der Waals surface area contributed by atoms with Gasteiger partial charge in [-0.3, -0.25) is 4.79 Å². The Labute approximate surface area is 182 Å². The monoisotopic (exact) mass is 476 g/mol. The van der Waals surface area contributed by atoms with Gasteiger partial charge in [0, 0.05) is 15.4 Å². The van der Waals surface area contributed by atoms with E-state index in [0.29, 0.717) is 24.7 Å². The number of nitrogens with zero attached hydrogens (tertiary/aromatic N) is 1. The first-order chi connectivity index (χ1) is 14.1. The van der Waals surface area contributed by atoms with Crippen LogP contribution in [0.5, 0.6) is 17.2 Å². The Balaban J connectivity index is 1.50. The molecule has 29 heavy (non-hydrogen) atoms. The third kappa shape index (κ3) is 5.95. The van der Waals surface area contributed by atoms with Crippen molar-refractivity contribution in [2.45, 2.75) is 6.42 Å². The van der Waals surface area contributed by atoms with Gasteiger partial charge in [0.15, 0.2) is 11.5 Å². The third-order valence-corrected chi connectivity index (χ3v) is 5.45. The van der Waals surface area contributed by atoms with Gasteiger partial charge in [0.25, 0.3) is 0 Å². The number of methoxy groups -OCH3 is 2. The standard InChI is InChI=1S/C21H21BrN2O4S/c1-26-18-7-6-14(10-19(18)27-2)21-24-16(13-29-21)12-20(25)23-8-9-28-17-5-3-4-15(22)11-17/h3-7,10-11,13H,8-9,12H2,1-2H3,(H,23,25). The molecule has 6 nitrogen and oxygen atoms in total. The Hall–Kier alpha value is -2.58. The zero-order valence-corrected chi connectivity index (χ0v) is 18.5. The molecule has 1 heterocycles. The molecule has 0 saturated carbocycles. The summed E-state index contributed by atoms with van der Waals surface area (Å²) in [7, 11) is 3.20. The Morgan fingerprint density at radius 1 is 1.14 bits per heavy atom. The summed E-state index contributed by atoms with van der Waals surface area (Å²) in [6.45, 7) is 0.828. The summed E-state index contributed by atoms with van der Waals surface area (Å²) >= 11 is 4.88. The Bertz CT molecular complexity index is 977. The maximum atomic E-state index is 12.2. The number of aromatic nitrogens is 1. The smallest absolute Gasteiger partial charge is 0.226 e. The summed E-state index contributed by atoms with van der Waals surface area (Å²) in [4.78, 5) is 16.7. The van der Waals surface area contributed by atoms with Gasteiger partial charge >= 0.3 is 0 Å². The highest BCUT2D eigenvalue weighted by Crippen LogP contribution is 2.33. The van der Waals surface area contributed by atoms with Crippen molar-refractivity contribution in [2.75, 3.05) is 27.4 Å². The van der Waals surface area contributed by atoms with Crippen LogP contribution < -0.4 is 19.5 Å². The lowest BCUT2D eigenvalue weighted by Crippen LogP contribution is -2.29. The lowest BCUT2D eigenvalue weighted by molar-refractivity contribution is -0.120. The molecule has 0 radical (unpaired) electrons. The third-order valence-electron chi connectivity index (χ3n) is 4.01. The van der Waals surface area contributed by atoms with E-state index in [2.05, 4.69) is 26.2 Å². The van der Waals surface area contributed by atoms with Crippen molar-refractivity contribution in [1.29, 1.82) is 0 Å². The van der Waals surface area contributed by atoms with Crippen molar-refractivity contribution < 1.29 is 19.0 Å². The molecule has 3 rings (SSSR count). The SMILES string of the molecule is COc1ccc(-c2nc(CC(=O)NCCOc3cccc(Br)c3)cs2)cc1OC. The molecule has 1 aromatic heterocycles. The maximum absolute atomic E-state index is 12.2. The van der Waals surface area contributed by atoms with E-state index in [4.69, 9.17) is 14.2 Å². The van der Waals surface area contributed by atoms with Gasteiger partial charge in [0.2, 0.25) is 5.91 Å². The number of ether oxygens (including phenoxy) is 3. The number of carbonyl (C=O) groups is 1. The molecular formula is C21H21BrN2O4S. The Morgan fingerprint density at radius 2 is 1.97 bits per heavy atom. The first kappa shape index (κ1) is 21.1. The number of benzene rings is 2. The van der Waals surface area contributed by atoms with Crippen LogP contribution in [0.15, 0.2) is 52.3 Å². The molecule has 0 spiro atoms. The molecule has 0 unspecified atom stereocenters. The molecular weight excluding hydrogens is 456 g/mol. The first-order valence-electron chi connectivity index (χ1n) is 8.91. The van der Waals surface area contributed by atoms with Crippen molar-refractivity contribution in [3.8, 4) is 27.8 Å². The number of thiazole rings is 1. The average Bonchev–Trinajstić information content (AvgIpc) is 3.19. The number of nitrogens with one attached hydrogen (secondary N) is 1. The number of halogens is 1. The summed E-state index contributed by atoms with van der Waals surface area (Å²) in [6.07, 6.45) is 0.223. The van der Waals surface area contributed by atoms with Gasteiger partial charge in [-0.2, -0.15) is 0 Å². The van der Waals surface area contributed by atoms with Crippen LogP contribution in [-0.2, 0) is 11.2 Å². The predicted molar refractivity (Wildman–Crippen MR) is 117 cm³/mol. The fourth-order valence-electron chi connectivity index (χ4n) is 2.63. The molecule has 152 valence electrons. The van der Waals surface area contributed by atoms with E-state index in [0.717, 1.165) is 26.5 Å². The van der Waals surface area contributed by atoms with E-state index in [1.807, 2.05) is 47.8 Å². The van der Waals surface area contributed by atoms with Gasteiger partial charge in [-0.05, 0) is 36.4 Å². The van der Waals surface area contributed by atoms with Crippen molar-refractivity contribution >= 4 is 33.2 Å². The first-order valence-corrected chi connectivity index (χ1v) is 10.6. The summed E-state index contributed by atoms with van der Waals surface area (Å²) < 4.78 is 17.2. The molecule has 0 bridgehead atoms. The lowest BCUT2D eigenvalue weighted by Gasteiger charge is -2.08. The zero-order valence-electron chi connectivity index (χ0n) is 16.1. The van der Waals surface area contributed by atoms with Gasteiger partial charge in [-0.25, -0.2) is 4.98 Å². The van der Waals surface area contributed by atoms with Crippen LogP contribution in [0.2, 0.25) is 0 Å². The molecule has 0 aliphatic carbocycles. The van der Waals surface area contributed by atoms with Gasteiger partial charge in [-0.15, -0.1) is 11.3 Å². The molecule has 0 saturated heterocycles. The molecule has 8 heteroatoms. The molecule has 0 aliphatic heterocycles. The largest absolute Gasteiger partial charge is 0.493 e. The highest BCUT2D eigenvalue weighted by molar-refractivity contribution is 9.10. The maximum Gasteiger partial charge on any atom is 0.226 e. The zero-order chi connectivity index (χ0) is 20.6. The second-order valence-corrected chi connectivity index (χ2v) is 7.82. The molecule has 3 aromatic rings. The summed E-state index contributed by atoms with van der Waals surface area (Å²) in [6, 6.07) is 13.2. The summed E-state index contributed by atoms with van der Waals surface area (Å²) in [5, 5.41) is 5.57. The molecule has 0 fully saturated rings. The van der Waals surface area contributed by atoms with E-state index in [9.17, 15) is 4.79 Å². The fourth-order valence-corrected chi connectivity index (χ4v) is 3.83. The minimum absolute atomic E-state index is 0.0907. The van der Waals surface area contributed by atoms with Gasteiger partial charge < -0.3 is 19.5 Å². The van der Waals surface area contributed by atoms with Crippen LogP contribution in [0.25, 0.3) is 10.6 Å². The summed E-state index contributed by atoms with van der Waals surface area (Å²) in [5.74, 6) is 1.97. The van der Waals surface area contributed by atoms with E-state index in [-0.39, 0.29) is 12.3 Å². The number of hydrogen-bond donors (Lipinski definition) is 1. The van der Waals surface area contributed by atoms with E-state index >= 15 is 0 Å². The van der Waals surface area contributed by atoms with Gasteiger partial charge in [0.1, 0.15) is 17.4 Å². The number of amides is 1. The minimum atomic E-state index is -0.0907. The lowest BCUT2D eigenvalue weighted by atomic mass is 10.2. The second kappa shape index (κ2) is 10.3. The van der Waals surface area contributed by atoms with Crippen LogP contribution in [0, 0.1) is 0 Å². The fraction of sp³-hybridized carbons (Fsp3) is 0.238. The van der Waals surface area contributed by atoms with Crippen molar-refractivity contribution in [3.05, 3.63) is 58.0 Å². The quantitative estimate of drug-likeness (QED) is 0.465. The number of hydrogen-bond acceptors (Lipinski definition) is 6. The number of carbonyl (C=O) groups excluding carboxylic acids is 1. The molecule has 1 amide bonds. The predicted octanol–water partition coefficient (Wildman–Crippen LogP) is 4.33. The van der Waals surface area contributed by atoms with Crippen molar-refractivity contribution in [1.82, 2.24) is 10.3 Å². The van der Waals surface area contributed by atoms with E-state index in [1.54, 1.807) is 14.2 Å². The Morgan fingerprint density at radius 3 is 2.72 bits per heavy atom. The van der Waals surface area contributed by atoms with Crippen LogP contribution >= 0.6 is 27.3 Å². The van der Waals surface area contributed by atoms with Crippen LogP contribution in [0.4, 0.5) is 0 Å². The number of rotatable bonds is 9. The van der Waals surface area contributed by atoms with Crippen molar-refractivity contribution in [3.63, 3.8) is 0 Å². The van der Waals surface area contributed by atoms with Crippen molar-refractivity contribution in [2.24, 2.45) is 0 Å². The molecule has 0 aliphatic rings. The Kier molecular flexibility index (Phi) is 7.48. The highest BCUT2D eigenvalue weighted by Gasteiger charge is 2.11. The topological polar surface area (TPSA) is 69.7 Å². The molecule has 0 atom stereocenters. The van der Waals surface area contributed by atoms with E-state index in [1.165, 1.54) is 11.3 Å². The van der Waals surface area contributed by atoms with E-state index < -0.39 is 0 Å². The normalized spacial score (nSPS) is 10.4. The van der Waals surface area contributed by atoms with Crippen LogP contribution in [0.3, 0.4) is 0 Å². The van der Waals surface area contributed by atoms with Gasteiger partial charge in [-0.1, -0.05) is 22.0 Å². The van der Waals surface area contributed by atoms with Crippen LogP contribution in [0.1, 0.15) is 5.69 Å². The molecule has 2 aromatic carbocycles. The van der Waals surface area contributed by atoms with Gasteiger partial charge in [0.05, 0.1) is 32.9 Å².